The van der Waals surface area contributed by atoms with Crippen LogP contribution in [0.1, 0.15) is 52.0 Å². The summed E-state index contributed by atoms with van der Waals surface area (Å²) < 4.78 is 5.96. The molecule has 0 aromatic heterocycles. The van der Waals surface area contributed by atoms with Crippen molar-refractivity contribution in [3.63, 3.8) is 0 Å². The number of aliphatic hydroxyl groups is 1. The zero-order valence-corrected chi connectivity index (χ0v) is 11.8. The molecule has 1 aromatic rings. The van der Waals surface area contributed by atoms with E-state index >= 15 is 0 Å². The van der Waals surface area contributed by atoms with E-state index in [9.17, 15) is 5.11 Å². The summed E-state index contributed by atoms with van der Waals surface area (Å²) in [5, 5.41) is 10.2. The van der Waals surface area contributed by atoms with Gasteiger partial charge in [0.15, 0.2) is 0 Å². The van der Waals surface area contributed by atoms with Gasteiger partial charge in [-0.05, 0) is 41.9 Å². The van der Waals surface area contributed by atoms with Crippen LogP contribution in [0.15, 0.2) is 24.3 Å². The van der Waals surface area contributed by atoms with E-state index in [1.807, 2.05) is 12.1 Å². The minimum atomic E-state index is -0.375. The molecule has 18 heavy (non-hydrogen) atoms. The molecule has 1 aliphatic rings. The van der Waals surface area contributed by atoms with E-state index < -0.39 is 0 Å². The minimum absolute atomic E-state index is 0.0275. The van der Waals surface area contributed by atoms with Crippen molar-refractivity contribution >= 4 is 0 Å². The van der Waals surface area contributed by atoms with Gasteiger partial charge < -0.3 is 9.84 Å². The van der Waals surface area contributed by atoms with Crippen molar-refractivity contribution < 1.29 is 9.84 Å². The first-order valence-corrected chi connectivity index (χ1v) is 6.85. The molecule has 0 amide bonds. The average Bonchev–Trinajstić information content (AvgIpc) is 2.57. The number of aliphatic hydroxyl groups excluding tert-OH is 1. The highest BCUT2D eigenvalue weighted by Crippen LogP contribution is 2.39. The van der Waals surface area contributed by atoms with E-state index in [1.54, 1.807) is 0 Å². The highest BCUT2D eigenvalue weighted by molar-refractivity contribution is 5.30. The second-order valence-electron chi connectivity index (χ2n) is 6.36. The maximum Gasteiger partial charge on any atom is 0.125 e. The van der Waals surface area contributed by atoms with Gasteiger partial charge in [-0.2, -0.15) is 0 Å². The SMILES string of the molecule is CC(C)c1cccc(OC2CCC(C)(C)C2O)c1. The van der Waals surface area contributed by atoms with Gasteiger partial charge in [0, 0.05) is 0 Å². The van der Waals surface area contributed by atoms with Gasteiger partial charge in [0.05, 0.1) is 6.10 Å². The third kappa shape index (κ3) is 2.69. The van der Waals surface area contributed by atoms with Crippen molar-refractivity contribution in [2.45, 2.75) is 58.7 Å². The van der Waals surface area contributed by atoms with Gasteiger partial charge in [-0.1, -0.05) is 39.8 Å². The number of rotatable bonds is 3. The smallest absolute Gasteiger partial charge is 0.125 e. The third-order valence-corrected chi connectivity index (χ3v) is 4.04. The van der Waals surface area contributed by atoms with Gasteiger partial charge in [0.1, 0.15) is 11.9 Å². The number of hydrogen-bond donors (Lipinski definition) is 1. The van der Waals surface area contributed by atoms with E-state index in [4.69, 9.17) is 4.74 Å². The molecule has 0 saturated heterocycles. The molecule has 0 bridgehead atoms. The van der Waals surface area contributed by atoms with Gasteiger partial charge in [-0.3, -0.25) is 0 Å². The number of ether oxygens (including phenoxy) is 1. The van der Waals surface area contributed by atoms with E-state index in [2.05, 4.69) is 39.8 Å². The van der Waals surface area contributed by atoms with Crippen LogP contribution in [-0.4, -0.2) is 17.3 Å². The Bertz CT molecular complexity index is 409. The maximum absolute atomic E-state index is 10.2. The van der Waals surface area contributed by atoms with Crippen molar-refractivity contribution in [1.82, 2.24) is 0 Å². The predicted octanol–water partition coefficient (Wildman–Crippen LogP) is 3.74. The van der Waals surface area contributed by atoms with Crippen molar-refractivity contribution in [3.05, 3.63) is 29.8 Å². The fourth-order valence-electron chi connectivity index (χ4n) is 2.57. The third-order valence-electron chi connectivity index (χ3n) is 4.04. The Kier molecular flexibility index (Phi) is 3.67. The molecule has 2 rings (SSSR count). The molecular formula is C16H24O2. The highest BCUT2D eigenvalue weighted by atomic mass is 16.5. The molecule has 0 radical (unpaired) electrons. The Morgan fingerprint density at radius 2 is 2.06 bits per heavy atom. The van der Waals surface area contributed by atoms with Crippen molar-refractivity contribution in [1.29, 1.82) is 0 Å². The second-order valence-corrected chi connectivity index (χ2v) is 6.36. The molecule has 1 saturated carbocycles. The first-order chi connectivity index (χ1) is 8.40. The Balaban J connectivity index is 2.08. The molecule has 1 fully saturated rings. The fraction of sp³-hybridized carbons (Fsp3) is 0.625. The van der Waals surface area contributed by atoms with Gasteiger partial charge in [0.2, 0.25) is 0 Å². The average molecular weight is 248 g/mol. The Morgan fingerprint density at radius 1 is 1.33 bits per heavy atom. The van der Waals surface area contributed by atoms with Crippen LogP contribution in [0, 0.1) is 5.41 Å². The monoisotopic (exact) mass is 248 g/mol. The van der Waals surface area contributed by atoms with Gasteiger partial charge in [-0.15, -0.1) is 0 Å². The predicted molar refractivity (Wildman–Crippen MR) is 74.0 cm³/mol. The largest absolute Gasteiger partial charge is 0.488 e. The summed E-state index contributed by atoms with van der Waals surface area (Å²) in [6.45, 7) is 8.55. The molecular weight excluding hydrogens is 224 g/mol. The first kappa shape index (κ1) is 13.4. The molecule has 1 aromatic carbocycles. The Morgan fingerprint density at radius 3 is 2.61 bits per heavy atom. The van der Waals surface area contributed by atoms with Crippen LogP contribution in [0.4, 0.5) is 0 Å². The molecule has 1 aliphatic carbocycles. The van der Waals surface area contributed by atoms with Gasteiger partial charge in [0.25, 0.3) is 0 Å². The molecule has 2 nitrogen and oxygen atoms in total. The quantitative estimate of drug-likeness (QED) is 0.883. The van der Waals surface area contributed by atoms with Crippen molar-refractivity contribution in [3.8, 4) is 5.75 Å². The van der Waals surface area contributed by atoms with Crippen LogP contribution in [0.2, 0.25) is 0 Å². The lowest BCUT2D eigenvalue weighted by molar-refractivity contribution is 0.00490. The van der Waals surface area contributed by atoms with Crippen LogP contribution in [0.25, 0.3) is 0 Å². The van der Waals surface area contributed by atoms with E-state index in [0.717, 1.165) is 18.6 Å². The molecule has 0 spiro atoms. The normalized spacial score (nSPS) is 26.6. The lowest BCUT2D eigenvalue weighted by Gasteiger charge is -2.26. The second kappa shape index (κ2) is 4.93. The molecule has 2 heteroatoms. The molecule has 2 unspecified atom stereocenters. The van der Waals surface area contributed by atoms with Crippen molar-refractivity contribution in [2.24, 2.45) is 5.41 Å². The van der Waals surface area contributed by atoms with E-state index in [1.165, 1.54) is 5.56 Å². The fourth-order valence-corrected chi connectivity index (χ4v) is 2.57. The lowest BCUT2D eigenvalue weighted by Crippen LogP contribution is -2.34. The first-order valence-electron chi connectivity index (χ1n) is 6.85. The van der Waals surface area contributed by atoms with Crippen molar-refractivity contribution in [2.75, 3.05) is 0 Å². The van der Waals surface area contributed by atoms with Crippen LogP contribution in [0.5, 0.6) is 5.75 Å². The van der Waals surface area contributed by atoms with Crippen LogP contribution in [0.3, 0.4) is 0 Å². The molecule has 1 N–H and O–H groups in total. The summed E-state index contributed by atoms with van der Waals surface area (Å²) in [6, 6.07) is 8.20. The zero-order chi connectivity index (χ0) is 13.3. The minimum Gasteiger partial charge on any atom is -0.488 e. The maximum atomic E-state index is 10.2. The summed E-state index contributed by atoms with van der Waals surface area (Å²) in [6.07, 6.45) is 1.51. The molecule has 0 heterocycles. The summed E-state index contributed by atoms with van der Waals surface area (Å²) >= 11 is 0. The molecule has 0 aliphatic heterocycles. The Labute approximate surface area is 110 Å². The van der Waals surface area contributed by atoms with Crippen LogP contribution in [-0.2, 0) is 0 Å². The zero-order valence-electron chi connectivity index (χ0n) is 11.8. The summed E-state index contributed by atoms with van der Waals surface area (Å²) in [7, 11) is 0. The van der Waals surface area contributed by atoms with Gasteiger partial charge >= 0.3 is 0 Å². The molecule has 2 atom stereocenters. The number of benzene rings is 1. The summed E-state index contributed by atoms with van der Waals surface area (Å²) in [4.78, 5) is 0. The topological polar surface area (TPSA) is 29.5 Å². The Hall–Kier alpha value is -1.02. The standard InChI is InChI=1S/C16H24O2/c1-11(2)12-6-5-7-13(10-12)18-14-8-9-16(3,4)15(14)17/h5-7,10-11,14-15,17H,8-9H2,1-4H3. The summed E-state index contributed by atoms with van der Waals surface area (Å²) in [5.74, 6) is 1.38. The van der Waals surface area contributed by atoms with E-state index in [-0.39, 0.29) is 17.6 Å². The molecule has 100 valence electrons. The van der Waals surface area contributed by atoms with E-state index in [0.29, 0.717) is 5.92 Å². The van der Waals surface area contributed by atoms with Gasteiger partial charge in [-0.25, -0.2) is 0 Å². The summed E-state index contributed by atoms with van der Waals surface area (Å²) in [5.41, 5.74) is 1.25. The van der Waals surface area contributed by atoms with Crippen LogP contribution < -0.4 is 4.74 Å². The highest BCUT2D eigenvalue weighted by Gasteiger charge is 2.42. The van der Waals surface area contributed by atoms with Crippen LogP contribution >= 0.6 is 0 Å². The lowest BCUT2D eigenvalue weighted by atomic mass is 9.89. The number of hydrogen-bond acceptors (Lipinski definition) is 2.